The van der Waals surface area contributed by atoms with Crippen LogP contribution in [0, 0.1) is 6.92 Å². The lowest BCUT2D eigenvalue weighted by molar-refractivity contribution is -0.138. The van der Waals surface area contributed by atoms with E-state index in [0.717, 1.165) is 11.1 Å². The molecule has 102 valence electrons. The van der Waals surface area contributed by atoms with Crippen molar-refractivity contribution in [2.24, 2.45) is 5.73 Å². The van der Waals surface area contributed by atoms with E-state index in [2.05, 4.69) is 0 Å². The molecule has 1 aromatic rings. The average molecular weight is 260 g/mol. The molecule has 1 rings (SSSR count). The van der Waals surface area contributed by atoms with E-state index < -0.39 is 12.6 Å². The summed E-state index contributed by atoms with van der Waals surface area (Å²) >= 11 is 0. The highest BCUT2D eigenvalue weighted by Crippen LogP contribution is 2.25. The van der Waals surface area contributed by atoms with Crippen molar-refractivity contribution in [3.63, 3.8) is 0 Å². The van der Waals surface area contributed by atoms with Gasteiger partial charge in [-0.1, -0.05) is 24.3 Å². The second-order valence-corrected chi connectivity index (χ2v) is 4.45. The lowest BCUT2D eigenvalue weighted by Gasteiger charge is -2.28. The normalized spacial score (nSPS) is 13.9. The van der Waals surface area contributed by atoms with Crippen molar-refractivity contribution >= 4 is 0 Å². The van der Waals surface area contributed by atoms with Gasteiger partial charge >= 0.3 is 6.18 Å². The Hall–Kier alpha value is -1.07. The zero-order valence-electron chi connectivity index (χ0n) is 10.7. The van der Waals surface area contributed by atoms with Gasteiger partial charge in [0.1, 0.15) is 0 Å². The lowest BCUT2D eigenvalue weighted by atomic mass is 10.0. The lowest BCUT2D eigenvalue weighted by Crippen LogP contribution is -2.33. The van der Waals surface area contributed by atoms with Crippen LogP contribution in [0.5, 0.6) is 0 Å². The van der Waals surface area contributed by atoms with E-state index in [1.165, 1.54) is 0 Å². The van der Waals surface area contributed by atoms with Crippen molar-refractivity contribution in [2.45, 2.75) is 25.6 Å². The van der Waals surface area contributed by atoms with Gasteiger partial charge in [0.25, 0.3) is 0 Å². The highest BCUT2D eigenvalue weighted by atomic mass is 19.4. The van der Waals surface area contributed by atoms with Gasteiger partial charge in [-0.3, -0.25) is 4.90 Å². The van der Waals surface area contributed by atoms with Gasteiger partial charge in [0.2, 0.25) is 0 Å². The Morgan fingerprint density at radius 2 is 1.89 bits per heavy atom. The predicted octanol–water partition coefficient (Wildman–Crippen LogP) is 2.88. The van der Waals surface area contributed by atoms with Crippen LogP contribution in [0.2, 0.25) is 0 Å². The second kappa shape index (κ2) is 6.20. The molecule has 0 saturated carbocycles. The van der Waals surface area contributed by atoms with Crippen LogP contribution in [0.4, 0.5) is 13.2 Å². The molecule has 0 fully saturated rings. The monoisotopic (exact) mass is 260 g/mol. The average Bonchev–Trinajstić information content (AvgIpc) is 2.29. The van der Waals surface area contributed by atoms with Crippen LogP contribution in [0.25, 0.3) is 0 Å². The van der Waals surface area contributed by atoms with Crippen LogP contribution < -0.4 is 5.73 Å². The van der Waals surface area contributed by atoms with Gasteiger partial charge in [0.15, 0.2) is 0 Å². The van der Waals surface area contributed by atoms with Gasteiger partial charge in [-0.15, -0.1) is 0 Å². The zero-order valence-corrected chi connectivity index (χ0v) is 10.7. The third kappa shape index (κ3) is 4.31. The first-order valence-corrected chi connectivity index (χ1v) is 5.87. The number of alkyl halides is 3. The molecule has 0 saturated heterocycles. The van der Waals surface area contributed by atoms with Crippen molar-refractivity contribution in [1.29, 1.82) is 0 Å². The fourth-order valence-corrected chi connectivity index (χ4v) is 1.96. The first-order chi connectivity index (χ1) is 8.35. The van der Waals surface area contributed by atoms with E-state index in [0.29, 0.717) is 6.54 Å². The third-order valence-corrected chi connectivity index (χ3v) is 3.05. The predicted molar refractivity (Wildman–Crippen MR) is 66.3 cm³/mol. The van der Waals surface area contributed by atoms with Crippen molar-refractivity contribution in [3.05, 3.63) is 35.4 Å². The number of nitrogens with zero attached hydrogens (tertiary/aromatic N) is 1. The molecule has 0 bridgehead atoms. The van der Waals surface area contributed by atoms with Gasteiger partial charge in [0, 0.05) is 19.1 Å². The summed E-state index contributed by atoms with van der Waals surface area (Å²) in [5, 5.41) is 0. The summed E-state index contributed by atoms with van der Waals surface area (Å²) in [6.45, 7) is 2.20. The Kier molecular flexibility index (Phi) is 5.16. The molecule has 0 aliphatic heterocycles. The molecule has 2 nitrogen and oxygen atoms in total. The van der Waals surface area contributed by atoms with Crippen LogP contribution in [0.3, 0.4) is 0 Å². The Balaban J connectivity index is 2.75. The number of hydrogen-bond donors (Lipinski definition) is 1. The van der Waals surface area contributed by atoms with Gasteiger partial charge in [-0.05, 0) is 25.1 Å². The Morgan fingerprint density at radius 1 is 1.28 bits per heavy atom. The molecule has 0 spiro atoms. The summed E-state index contributed by atoms with van der Waals surface area (Å²) in [6.07, 6.45) is -4.94. The highest BCUT2D eigenvalue weighted by molar-refractivity contribution is 5.29. The molecule has 2 N–H and O–H groups in total. The largest absolute Gasteiger partial charge is 0.390 e. The van der Waals surface area contributed by atoms with E-state index in [1.54, 1.807) is 11.9 Å². The van der Waals surface area contributed by atoms with Gasteiger partial charge in [0.05, 0.1) is 6.42 Å². The van der Waals surface area contributed by atoms with Crippen molar-refractivity contribution in [3.8, 4) is 0 Å². The number of hydrogen-bond acceptors (Lipinski definition) is 2. The molecular weight excluding hydrogens is 241 g/mol. The Labute approximate surface area is 106 Å². The molecule has 0 aliphatic rings. The minimum atomic E-state index is -4.13. The summed E-state index contributed by atoms with van der Waals surface area (Å²) in [5.41, 5.74) is 7.73. The molecule has 0 aliphatic carbocycles. The summed E-state index contributed by atoms with van der Waals surface area (Å²) in [5.74, 6) is 0. The minimum absolute atomic E-state index is 0.0420. The highest BCUT2D eigenvalue weighted by Gasteiger charge is 2.28. The third-order valence-electron chi connectivity index (χ3n) is 3.05. The molecular formula is C13H19F3N2. The van der Waals surface area contributed by atoms with Crippen LogP contribution in [0.1, 0.15) is 23.6 Å². The van der Waals surface area contributed by atoms with Crippen LogP contribution in [-0.4, -0.2) is 31.2 Å². The van der Waals surface area contributed by atoms with Crippen molar-refractivity contribution in [2.75, 3.05) is 20.1 Å². The molecule has 0 amide bonds. The fraction of sp³-hybridized carbons (Fsp3) is 0.538. The number of halogens is 3. The fourth-order valence-electron chi connectivity index (χ4n) is 1.96. The summed E-state index contributed by atoms with van der Waals surface area (Å²) in [6, 6.07) is 7.46. The maximum Gasteiger partial charge on any atom is 0.390 e. The smallest absolute Gasteiger partial charge is 0.329 e. The number of benzene rings is 1. The van der Waals surface area contributed by atoms with E-state index in [9.17, 15) is 13.2 Å². The SMILES string of the molecule is Cc1ccccc1C(CN)N(C)CCC(F)(F)F. The number of likely N-dealkylation sites (N-methyl/N-ethyl adjacent to an activating group) is 1. The molecule has 0 aromatic heterocycles. The van der Waals surface area contributed by atoms with Gasteiger partial charge in [-0.25, -0.2) is 0 Å². The Bertz CT molecular complexity index is 377. The molecule has 5 heteroatoms. The number of nitrogens with two attached hydrogens (primary N) is 1. The molecule has 0 heterocycles. The van der Waals surface area contributed by atoms with Gasteiger partial charge < -0.3 is 5.73 Å². The summed E-state index contributed by atoms with van der Waals surface area (Å²) in [7, 11) is 1.68. The molecule has 0 radical (unpaired) electrons. The number of aryl methyl sites for hydroxylation is 1. The van der Waals surface area contributed by atoms with Crippen LogP contribution in [0.15, 0.2) is 24.3 Å². The topological polar surface area (TPSA) is 29.3 Å². The van der Waals surface area contributed by atoms with E-state index in [-0.39, 0.29) is 12.6 Å². The van der Waals surface area contributed by atoms with E-state index in [1.807, 2.05) is 31.2 Å². The maximum atomic E-state index is 12.2. The maximum absolute atomic E-state index is 12.2. The Morgan fingerprint density at radius 3 is 2.39 bits per heavy atom. The quantitative estimate of drug-likeness (QED) is 0.882. The van der Waals surface area contributed by atoms with Crippen LogP contribution in [-0.2, 0) is 0 Å². The minimum Gasteiger partial charge on any atom is -0.329 e. The molecule has 1 aromatic carbocycles. The molecule has 1 atom stereocenters. The van der Waals surface area contributed by atoms with E-state index >= 15 is 0 Å². The standard InChI is InChI=1S/C13H19F3N2/c1-10-5-3-4-6-11(10)12(9-17)18(2)8-7-13(14,15)16/h3-6,12H,7-9,17H2,1-2H3. The summed E-state index contributed by atoms with van der Waals surface area (Å²) < 4.78 is 36.6. The first kappa shape index (κ1) is 15.0. The van der Waals surface area contributed by atoms with Crippen molar-refractivity contribution in [1.82, 2.24) is 4.90 Å². The van der Waals surface area contributed by atoms with Crippen molar-refractivity contribution < 1.29 is 13.2 Å². The first-order valence-electron chi connectivity index (χ1n) is 5.87. The van der Waals surface area contributed by atoms with E-state index in [4.69, 9.17) is 5.73 Å². The molecule has 18 heavy (non-hydrogen) atoms. The van der Waals surface area contributed by atoms with Gasteiger partial charge in [-0.2, -0.15) is 13.2 Å². The zero-order chi connectivity index (χ0) is 13.8. The number of rotatable bonds is 5. The van der Waals surface area contributed by atoms with Crippen LogP contribution >= 0.6 is 0 Å². The second-order valence-electron chi connectivity index (χ2n) is 4.45. The summed E-state index contributed by atoms with van der Waals surface area (Å²) in [4.78, 5) is 1.66. The molecule has 1 unspecified atom stereocenters.